The average molecular weight is 813 g/mol. The van der Waals surface area contributed by atoms with Crippen molar-refractivity contribution in [2.24, 2.45) is 5.73 Å². The monoisotopic (exact) mass is 813 g/mol. The van der Waals surface area contributed by atoms with Crippen molar-refractivity contribution in [3.8, 4) is 0 Å². The summed E-state index contributed by atoms with van der Waals surface area (Å²) in [6.07, 6.45) is 56.2. The van der Waals surface area contributed by atoms with Crippen molar-refractivity contribution in [2.45, 2.75) is 251 Å². The van der Waals surface area contributed by atoms with Gasteiger partial charge in [0.25, 0.3) is 0 Å². The molecule has 0 aromatic rings. The molecule has 0 heterocycles. The second kappa shape index (κ2) is 45.4. The van der Waals surface area contributed by atoms with Gasteiger partial charge in [0.15, 0.2) is 0 Å². The van der Waals surface area contributed by atoms with Crippen LogP contribution in [0.2, 0.25) is 0 Å². The first-order valence-electron chi connectivity index (χ1n) is 24.5. The van der Waals surface area contributed by atoms with Crippen LogP contribution in [0.5, 0.6) is 0 Å². The lowest BCUT2D eigenvalue weighted by atomic mass is 10.0. The van der Waals surface area contributed by atoms with Crippen LogP contribution in [0.4, 0.5) is 0 Å². The molecule has 0 saturated carbocycles. The normalized spacial score (nSPS) is 13.0. The molecule has 0 radical (unpaired) electrons. The Bertz CT molecular complexity index is 1050. The molecule has 7 nitrogen and oxygen atoms in total. The van der Waals surface area contributed by atoms with E-state index >= 15 is 0 Å². The summed E-state index contributed by atoms with van der Waals surface area (Å²) in [5.74, 6) is -1.41. The standard InChI is InChI=1S/C51H92N2O5/c1-3-5-7-9-11-13-15-16-17-18-19-20-21-22-23-24-25-26-28-30-32-34-39-45-50(55)58-47(41-36-33-31-29-27-14-12-10-8-6-4-2)42-37-35-38-44-49(54)53-48(51(56)57)43-40-46-52/h6,8,12,14,29,31,36,41,47-48H,3-5,7,9-11,13,15-28,30,32-35,37-40,42-46,52H2,1-2H3,(H,53,54)(H,56,57)/b8-6-,14-12-,31-29-,41-36-. The lowest BCUT2D eigenvalue weighted by Crippen LogP contribution is -2.40. The highest BCUT2D eigenvalue weighted by Crippen LogP contribution is 2.17. The molecule has 0 aromatic heterocycles. The SMILES string of the molecule is CC/C=C\C/C=C\C/C=C\C/C=C\C(CCCCCC(=O)NC(CCCN)C(=O)O)OC(=O)CCCCCCCCCCCCCCCCCCCCCCCCC. The fourth-order valence-electron chi connectivity index (χ4n) is 7.24. The quantitative estimate of drug-likeness (QED) is 0.0320. The number of ether oxygens (including phenoxy) is 1. The molecule has 0 aliphatic heterocycles. The van der Waals surface area contributed by atoms with Gasteiger partial charge in [0.2, 0.25) is 5.91 Å². The van der Waals surface area contributed by atoms with Crippen LogP contribution in [-0.2, 0) is 19.1 Å². The predicted octanol–water partition coefficient (Wildman–Crippen LogP) is 14.3. The number of carboxylic acids is 1. The second-order valence-electron chi connectivity index (χ2n) is 16.5. The maximum atomic E-state index is 12.8. The number of carbonyl (C=O) groups is 3. The molecular weight excluding hydrogens is 721 g/mol. The van der Waals surface area contributed by atoms with Gasteiger partial charge in [-0.25, -0.2) is 4.79 Å². The summed E-state index contributed by atoms with van der Waals surface area (Å²) in [4.78, 5) is 36.5. The van der Waals surface area contributed by atoms with Gasteiger partial charge in [-0.15, -0.1) is 0 Å². The zero-order valence-electron chi connectivity index (χ0n) is 37.9. The molecule has 0 bridgehead atoms. The number of carboxylic acid groups (broad SMARTS) is 1. The van der Waals surface area contributed by atoms with Gasteiger partial charge >= 0.3 is 11.9 Å². The van der Waals surface area contributed by atoms with Gasteiger partial charge in [-0.3, -0.25) is 9.59 Å². The van der Waals surface area contributed by atoms with E-state index in [4.69, 9.17) is 10.5 Å². The van der Waals surface area contributed by atoms with Crippen LogP contribution in [0.15, 0.2) is 48.6 Å². The van der Waals surface area contributed by atoms with Crippen molar-refractivity contribution in [2.75, 3.05) is 6.54 Å². The van der Waals surface area contributed by atoms with Crippen LogP contribution >= 0.6 is 0 Å². The minimum Gasteiger partial charge on any atom is -0.480 e. The first kappa shape index (κ1) is 55.3. The van der Waals surface area contributed by atoms with Gasteiger partial charge in [0, 0.05) is 12.8 Å². The largest absolute Gasteiger partial charge is 0.480 e. The average Bonchev–Trinajstić information content (AvgIpc) is 3.21. The third-order valence-corrected chi connectivity index (χ3v) is 10.9. The minimum absolute atomic E-state index is 0.132. The second-order valence-corrected chi connectivity index (χ2v) is 16.5. The molecule has 2 atom stereocenters. The van der Waals surface area contributed by atoms with Crippen molar-refractivity contribution in [1.82, 2.24) is 5.32 Å². The van der Waals surface area contributed by atoms with Crippen molar-refractivity contribution >= 4 is 17.8 Å². The summed E-state index contributed by atoms with van der Waals surface area (Å²) in [5.41, 5.74) is 5.50. The highest BCUT2D eigenvalue weighted by Gasteiger charge is 2.19. The summed E-state index contributed by atoms with van der Waals surface area (Å²) in [5, 5.41) is 12.0. The number of esters is 1. The molecule has 0 aromatic carbocycles. The van der Waals surface area contributed by atoms with E-state index in [0.717, 1.165) is 51.4 Å². The van der Waals surface area contributed by atoms with Gasteiger partial charge < -0.3 is 20.9 Å². The Balaban J connectivity index is 4.20. The number of allylic oxidation sites excluding steroid dienone is 7. The van der Waals surface area contributed by atoms with Crippen LogP contribution in [0, 0.1) is 0 Å². The minimum atomic E-state index is -1.03. The maximum Gasteiger partial charge on any atom is 0.326 e. The molecule has 2 unspecified atom stereocenters. The number of carbonyl (C=O) groups excluding carboxylic acids is 2. The van der Waals surface area contributed by atoms with E-state index in [1.54, 1.807) is 0 Å². The summed E-state index contributed by atoms with van der Waals surface area (Å²) in [7, 11) is 0. The van der Waals surface area contributed by atoms with Crippen LogP contribution in [0.25, 0.3) is 0 Å². The number of nitrogens with two attached hydrogens (primary N) is 1. The van der Waals surface area contributed by atoms with Crippen molar-refractivity contribution in [3.05, 3.63) is 48.6 Å². The number of hydrogen-bond donors (Lipinski definition) is 3. The number of aliphatic carboxylic acids is 1. The Labute approximate surface area is 358 Å². The van der Waals surface area contributed by atoms with E-state index in [1.807, 2.05) is 6.08 Å². The third kappa shape index (κ3) is 41.5. The van der Waals surface area contributed by atoms with E-state index in [0.29, 0.717) is 38.6 Å². The molecule has 0 spiro atoms. The fraction of sp³-hybridized carbons (Fsp3) is 0.784. The van der Waals surface area contributed by atoms with Gasteiger partial charge in [0.05, 0.1) is 0 Å². The third-order valence-electron chi connectivity index (χ3n) is 10.9. The first-order chi connectivity index (χ1) is 28.4. The summed E-state index contributed by atoms with van der Waals surface area (Å²) >= 11 is 0. The Morgan fingerprint density at radius 2 is 0.931 bits per heavy atom. The van der Waals surface area contributed by atoms with E-state index in [2.05, 4.69) is 61.7 Å². The van der Waals surface area contributed by atoms with Gasteiger partial charge in [-0.2, -0.15) is 0 Å². The van der Waals surface area contributed by atoms with E-state index in [-0.39, 0.29) is 24.4 Å². The number of unbranched alkanes of at least 4 members (excludes halogenated alkanes) is 24. The Kier molecular flexibility index (Phi) is 43.3. The van der Waals surface area contributed by atoms with Crippen LogP contribution in [0.3, 0.4) is 0 Å². The molecule has 1 amide bonds. The van der Waals surface area contributed by atoms with Crippen LogP contribution in [-0.4, -0.2) is 41.6 Å². The summed E-state index contributed by atoms with van der Waals surface area (Å²) < 4.78 is 5.91. The molecule has 4 N–H and O–H groups in total. The van der Waals surface area contributed by atoms with Crippen molar-refractivity contribution in [1.29, 1.82) is 0 Å². The van der Waals surface area contributed by atoms with Gasteiger partial charge in [-0.05, 0) is 76.8 Å². The first-order valence-corrected chi connectivity index (χ1v) is 24.5. The molecule has 7 heteroatoms. The zero-order valence-corrected chi connectivity index (χ0v) is 37.9. The number of nitrogens with one attached hydrogen (secondary N) is 1. The van der Waals surface area contributed by atoms with Gasteiger partial charge in [0.1, 0.15) is 12.1 Å². The van der Waals surface area contributed by atoms with E-state index in [9.17, 15) is 19.5 Å². The Morgan fingerprint density at radius 1 is 0.517 bits per heavy atom. The van der Waals surface area contributed by atoms with E-state index in [1.165, 1.54) is 135 Å². The highest BCUT2D eigenvalue weighted by molar-refractivity contribution is 5.83. The highest BCUT2D eigenvalue weighted by atomic mass is 16.5. The van der Waals surface area contributed by atoms with Crippen LogP contribution in [0.1, 0.15) is 239 Å². The summed E-state index contributed by atoms with van der Waals surface area (Å²) in [6, 6.07) is -0.892. The van der Waals surface area contributed by atoms with Crippen molar-refractivity contribution < 1.29 is 24.2 Å². The molecule has 0 aliphatic carbocycles. The lowest BCUT2D eigenvalue weighted by molar-refractivity contribution is -0.147. The number of hydrogen-bond acceptors (Lipinski definition) is 5. The lowest BCUT2D eigenvalue weighted by Gasteiger charge is -2.15. The summed E-state index contributed by atoms with van der Waals surface area (Å²) in [6.45, 7) is 4.82. The molecule has 0 aliphatic rings. The zero-order chi connectivity index (χ0) is 42.4. The fourth-order valence-corrected chi connectivity index (χ4v) is 7.24. The number of rotatable bonds is 44. The molecule has 336 valence electrons. The van der Waals surface area contributed by atoms with Crippen LogP contribution < -0.4 is 11.1 Å². The maximum absolute atomic E-state index is 12.8. The smallest absolute Gasteiger partial charge is 0.326 e. The number of amides is 1. The topological polar surface area (TPSA) is 119 Å². The van der Waals surface area contributed by atoms with Crippen molar-refractivity contribution in [3.63, 3.8) is 0 Å². The molecule has 0 rings (SSSR count). The molecule has 58 heavy (non-hydrogen) atoms. The van der Waals surface area contributed by atoms with E-state index < -0.39 is 12.0 Å². The van der Waals surface area contributed by atoms with Gasteiger partial charge in [-0.1, -0.05) is 204 Å². The Morgan fingerprint density at radius 3 is 1.38 bits per heavy atom. The molecular formula is C51H92N2O5. The molecule has 0 saturated heterocycles. The predicted molar refractivity (Wildman–Crippen MR) is 248 cm³/mol. The Hall–Kier alpha value is -2.67. The molecule has 0 fully saturated rings.